The summed E-state index contributed by atoms with van der Waals surface area (Å²) in [7, 11) is 1.64. The van der Waals surface area contributed by atoms with Crippen molar-refractivity contribution in [2.45, 2.75) is 0 Å². The summed E-state index contributed by atoms with van der Waals surface area (Å²) in [5, 5.41) is 0.774. The highest BCUT2D eigenvalue weighted by atomic mass is 32.1. The average Bonchev–Trinajstić information content (AvgIpc) is 3.55. The number of aromatic nitrogens is 3. The molecule has 32 heavy (non-hydrogen) atoms. The number of piperazine rings is 1. The standard InChI is InChI=1S/C24H23N5O2S/c1-31-19-9-7-18(8-10-19)21-22(32-24(26-21)29-12-4-5-13-29)23(30)28-16-14-27(15-17-28)20-6-2-3-11-25-20/h2-13H,14-17H2,1H3. The molecule has 0 radical (unpaired) electrons. The first kappa shape index (κ1) is 20.3. The predicted molar refractivity (Wildman–Crippen MR) is 126 cm³/mol. The maximum absolute atomic E-state index is 13.6. The summed E-state index contributed by atoms with van der Waals surface area (Å²) in [6.07, 6.45) is 5.68. The van der Waals surface area contributed by atoms with Crippen molar-refractivity contribution >= 4 is 23.1 Å². The molecule has 0 atom stereocenters. The van der Waals surface area contributed by atoms with Crippen molar-refractivity contribution in [1.29, 1.82) is 0 Å². The number of hydrogen-bond acceptors (Lipinski definition) is 6. The molecule has 0 N–H and O–H groups in total. The van der Waals surface area contributed by atoms with Crippen LogP contribution in [0.4, 0.5) is 5.82 Å². The predicted octanol–water partition coefficient (Wildman–Crippen LogP) is 3.97. The summed E-state index contributed by atoms with van der Waals surface area (Å²) < 4.78 is 7.22. The van der Waals surface area contributed by atoms with Crippen LogP contribution in [0, 0.1) is 0 Å². The fraction of sp³-hybridized carbons (Fsp3) is 0.208. The smallest absolute Gasteiger partial charge is 0.266 e. The molecule has 7 nitrogen and oxygen atoms in total. The van der Waals surface area contributed by atoms with Crippen LogP contribution in [-0.4, -0.2) is 58.6 Å². The topological polar surface area (TPSA) is 63.5 Å². The lowest BCUT2D eigenvalue weighted by Crippen LogP contribution is -2.49. The van der Waals surface area contributed by atoms with Gasteiger partial charge in [0, 0.05) is 50.3 Å². The van der Waals surface area contributed by atoms with E-state index in [0.29, 0.717) is 23.7 Å². The van der Waals surface area contributed by atoms with Gasteiger partial charge in [0.05, 0.1) is 12.8 Å². The van der Waals surface area contributed by atoms with Crippen molar-refractivity contribution in [2.75, 3.05) is 38.2 Å². The number of rotatable bonds is 5. The van der Waals surface area contributed by atoms with E-state index in [-0.39, 0.29) is 5.91 Å². The van der Waals surface area contributed by atoms with Crippen LogP contribution in [0.15, 0.2) is 73.2 Å². The molecule has 1 fully saturated rings. The van der Waals surface area contributed by atoms with Gasteiger partial charge in [-0.05, 0) is 48.5 Å². The number of benzene rings is 1. The van der Waals surface area contributed by atoms with Gasteiger partial charge in [0.15, 0.2) is 5.13 Å². The Bertz CT molecular complexity index is 1180. The van der Waals surface area contributed by atoms with E-state index in [4.69, 9.17) is 9.72 Å². The van der Waals surface area contributed by atoms with Gasteiger partial charge in [0.1, 0.15) is 16.4 Å². The van der Waals surface area contributed by atoms with Crippen molar-refractivity contribution < 1.29 is 9.53 Å². The Morgan fingerprint density at radius 3 is 2.38 bits per heavy atom. The summed E-state index contributed by atoms with van der Waals surface area (Å²) in [6.45, 7) is 2.80. The van der Waals surface area contributed by atoms with Crippen LogP contribution in [0.1, 0.15) is 9.67 Å². The van der Waals surface area contributed by atoms with Gasteiger partial charge in [-0.2, -0.15) is 0 Å². The van der Waals surface area contributed by atoms with E-state index in [0.717, 1.165) is 35.4 Å². The number of methoxy groups -OCH3 is 1. The van der Waals surface area contributed by atoms with Crippen LogP contribution in [0.5, 0.6) is 5.75 Å². The Morgan fingerprint density at radius 1 is 0.969 bits per heavy atom. The van der Waals surface area contributed by atoms with E-state index in [1.807, 2.05) is 76.5 Å². The number of hydrogen-bond donors (Lipinski definition) is 0. The highest BCUT2D eigenvalue weighted by Crippen LogP contribution is 2.32. The molecule has 3 aromatic heterocycles. The van der Waals surface area contributed by atoms with E-state index in [9.17, 15) is 4.79 Å². The Balaban J connectivity index is 1.42. The molecule has 0 saturated carbocycles. The van der Waals surface area contributed by atoms with Crippen LogP contribution in [0.25, 0.3) is 16.4 Å². The molecule has 0 aliphatic carbocycles. The fourth-order valence-electron chi connectivity index (χ4n) is 3.79. The zero-order valence-electron chi connectivity index (χ0n) is 17.7. The number of carbonyl (C=O) groups excluding carboxylic acids is 1. The minimum atomic E-state index is 0.0207. The number of nitrogens with zero attached hydrogens (tertiary/aromatic N) is 5. The minimum absolute atomic E-state index is 0.0207. The highest BCUT2D eigenvalue weighted by Gasteiger charge is 2.28. The third-order valence-corrected chi connectivity index (χ3v) is 6.60. The van der Waals surface area contributed by atoms with Crippen molar-refractivity contribution in [3.63, 3.8) is 0 Å². The largest absolute Gasteiger partial charge is 0.497 e. The summed E-state index contributed by atoms with van der Waals surface area (Å²) in [6, 6.07) is 17.5. The molecular formula is C24H23N5O2S. The molecule has 1 aliphatic heterocycles. The first-order valence-electron chi connectivity index (χ1n) is 10.5. The maximum atomic E-state index is 13.6. The van der Waals surface area contributed by atoms with Gasteiger partial charge in [-0.3, -0.25) is 4.79 Å². The van der Waals surface area contributed by atoms with Crippen molar-refractivity contribution in [1.82, 2.24) is 19.4 Å². The van der Waals surface area contributed by atoms with Crippen LogP contribution >= 0.6 is 11.3 Å². The number of ether oxygens (including phenoxy) is 1. The number of thiazole rings is 1. The Kier molecular flexibility index (Phi) is 5.60. The molecule has 1 saturated heterocycles. The molecular weight excluding hydrogens is 422 g/mol. The van der Waals surface area contributed by atoms with Crippen molar-refractivity contribution in [2.24, 2.45) is 0 Å². The molecule has 1 amide bonds. The fourth-order valence-corrected chi connectivity index (χ4v) is 4.82. The normalized spacial score (nSPS) is 13.9. The Morgan fingerprint density at radius 2 is 1.72 bits per heavy atom. The average molecular weight is 446 g/mol. The van der Waals surface area contributed by atoms with Gasteiger partial charge in [0.25, 0.3) is 5.91 Å². The quantitative estimate of drug-likeness (QED) is 0.465. The molecule has 4 heterocycles. The summed E-state index contributed by atoms with van der Waals surface area (Å²) >= 11 is 1.42. The molecule has 0 unspecified atom stereocenters. The lowest BCUT2D eigenvalue weighted by molar-refractivity contribution is 0.0752. The monoisotopic (exact) mass is 445 g/mol. The summed E-state index contributed by atoms with van der Waals surface area (Å²) in [5.74, 6) is 1.74. The van der Waals surface area contributed by atoms with Crippen LogP contribution in [0.3, 0.4) is 0 Å². The summed E-state index contributed by atoms with van der Waals surface area (Å²) in [5.41, 5.74) is 1.61. The number of carbonyl (C=O) groups is 1. The minimum Gasteiger partial charge on any atom is -0.497 e. The molecule has 1 aromatic carbocycles. The van der Waals surface area contributed by atoms with E-state index in [1.165, 1.54) is 11.3 Å². The third kappa shape index (κ3) is 3.97. The lowest BCUT2D eigenvalue weighted by Gasteiger charge is -2.35. The SMILES string of the molecule is COc1ccc(-c2nc(-n3cccc3)sc2C(=O)N2CCN(c3ccccn3)CC2)cc1. The van der Waals surface area contributed by atoms with E-state index in [2.05, 4.69) is 9.88 Å². The van der Waals surface area contributed by atoms with Gasteiger partial charge in [-0.25, -0.2) is 9.97 Å². The first-order chi connectivity index (χ1) is 15.7. The molecule has 0 spiro atoms. The van der Waals surface area contributed by atoms with E-state index < -0.39 is 0 Å². The van der Waals surface area contributed by atoms with Crippen molar-refractivity contribution in [3.8, 4) is 22.1 Å². The zero-order valence-corrected chi connectivity index (χ0v) is 18.5. The Hall–Kier alpha value is -3.65. The number of pyridine rings is 1. The van der Waals surface area contributed by atoms with Crippen LogP contribution in [-0.2, 0) is 0 Å². The lowest BCUT2D eigenvalue weighted by atomic mass is 10.1. The van der Waals surface area contributed by atoms with Crippen LogP contribution in [0.2, 0.25) is 0 Å². The maximum Gasteiger partial charge on any atom is 0.266 e. The van der Waals surface area contributed by atoms with Gasteiger partial charge in [-0.1, -0.05) is 17.4 Å². The van der Waals surface area contributed by atoms with E-state index in [1.54, 1.807) is 13.3 Å². The molecule has 0 bridgehead atoms. The highest BCUT2D eigenvalue weighted by molar-refractivity contribution is 7.16. The second-order valence-corrected chi connectivity index (χ2v) is 8.44. The van der Waals surface area contributed by atoms with E-state index >= 15 is 0 Å². The van der Waals surface area contributed by atoms with Gasteiger partial charge >= 0.3 is 0 Å². The molecule has 1 aliphatic rings. The van der Waals surface area contributed by atoms with Gasteiger partial charge in [0.2, 0.25) is 0 Å². The van der Waals surface area contributed by atoms with Crippen LogP contribution < -0.4 is 9.64 Å². The first-order valence-corrected chi connectivity index (χ1v) is 11.3. The molecule has 5 rings (SSSR count). The molecule has 162 valence electrons. The third-order valence-electron chi connectivity index (χ3n) is 5.54. The van der Waals surface area contributed by atoms with Crippen molar-refractivity contribution in [3.05, 3.63) is 78.1 Å². The van der Waals surface area contributed by atoms with Gasteiger partial charge < -0.3 is 19.1 Å². The van der Waals surface area contributed by atoms with Gasteiger partial charge in [-0.15, -0.1) is 0 Å². The molecule has 8 heteroatoms. The second-order valence-electron chi connectivity index (χ2n) is 7.46. The Labute approximate surface area is 190 Å². The number of amides is 1. The number of anilines is 1. The molecule has 4 aromatic rings. The zero-order chi connectivity index (χ0) is 21.9. The second kappa shape index (κ2) is 8.84. The summed E-state index contributed by atoms with van der Waals surface area (Å²) in [4.78, 5) is 27.6.